The lowest BCUT2D eigenvalue weighted by atomic mass is 10.2. The summed E-state index contributed by atoms with van der Waals surface area (Å²) in [6.45, 7) is 7.83. The van der Waals surface area contributed by atoms with Crippen LogP contribution in [0.4, 0.5) is 0 Å². The van der Waals surface area contributed by atoms with Crippen LogP contribution in [-0.4, -0.2) is 50.7 Å². The molecular formula is C13H26N2O2. The van der Waals surface area contributed by atoms with Crippen molar-refractivity contribution in [3.8, 4) is 0 Å². The smallest absolute Gasteiger partial charge is 0.236 e. The van der Waals surface area contributed by atoms with Gasteiger partial charge in [0.25, 0.3) is 0 Å². The maximum atomic E-state index is 12.0. The third-order valence-corrected chi connectivity index (χ3v) is 2.91. The molecule has 100 valence electrons. The lowest BCUT2D eigenvalue weighted by Gasteiger charge is -2.24. The van der Waals surface area contributed by atoms with Crippen molar-refractivity contribution in [3.05, 3.63) is 0 Å². The van der Waals surface area contributed by atoms with Gasteiger partial charge in [0.1, 0.15) is 0 Å². The number of carbonyl (C=O) groups is 1. The van der Waals surface area contributed by atoms with Crippen molar-refractivity contribution in [1.82, 2.24) is 10.2 Å². The van der Waals surface area contributed by atoms with Crippen LogP contribution < -0.4 is 5.32 Å². The molecule has 1 saturated carbocycles. The Morgan fingerprint density at radius 3 is 2.71 bits per heavy atom. The van der Waals surface area contributed by atoms with Crippen LogP contribution in [0, 0.1) is 11.8 Å². The summed E-state index contributed by atoms with van der Waals surface area (Å²) in [7, 11) is 1.67. The Morgan fingerprint density at radius 2 is 2.18 bits per heavy atom. The molecule has 17 heavy (non-hydrogen) atoms. The Labute approximate surface area is 105 Å². The van der Waals surface area contributed by atoms with Crippen molar-refractivity contribution in [3.63, 3.8) is 0 Å². The third-order valence-electron chi connectivity index (χ3n) is 2.91. The SMILES string of the molecule is COCCN(CC(C)C)C(=O)CNCC1CC1. The molecule has 4 heteroatoms. The van der Waals surface area contributed by atoms with Crippen molar-refractivity contribution in [2.24, 2.45) is 11.8 Å². The highest BCUT2D eigenvalue weighted by molar-refractivity contribution is 5.78. The van der Waals surface area contributed by atoms with E-state index in [1.807, 2.05) is 4.90 Å². The minimum absolute atomic E-state index is 0.191. The number of hydrogen-bond donors (Lipinski definition) is 1. The van der Waals surface area contributed by atoms with Gasteiger partial charge in [0, 0.05) is 20.2 Å². The van der Waals surface area contributed by atoms with E-state index in [9.17, 15) is 4.79 Å². The number of amides is 1. The molecule has 0 saturated heterocycles. The molecule has 1 fully saturated rings. The molecule has 1 aliphatic rings. The summed E-state index contributed by atoms with van der Waals surface area (Å²) in [5.41, 5.74) is 0. The number of methoxy groups -OCH3 is 1. The molecule has 4 nitrogen and oxygen atoms in total. The van der Waals surface area contributed by atoms with E-state index in [0.29, 0.717) is 25.6 Å². The first-order valence-corrected chi connectivity index (χ1v) is 6.61. The lowest BCUT2D eigenvalue weighted by Crippen LogP contribution is -2.42. The molecule has 0 bridgehead atoms. The van der Waals surface area contributed by atoms with E-state index < -0.39 is 0 Å². The molecule has 0 aliphatic heterocycles. The molecule has 0 heterocycles. The normalized spacial score (nSPS) is 15.3. The summed E-state index contributed by atoms with van der Waals surface area (Å²) in [6.07, 6.45) is 2.64. The standard InChI is InChI=1S/C13H26N2O2/c1-11(2)10-15(6-7-17-3)13(16)9-14-8-12-4-5-12/h11-12,14H,4-10H2,1-3H3. The van der Waals surface area contributed by atoms with Gasteiger partial charge in [0.2, 0.25) is 5.91 Å². The molecule has 0 unspecified atom stereocenters. The maximum Gasteiger partial charge on any atom is 0.236 e. The van der Waals surface area contributed by atoms with Gasteiger partial charge in [-0.2, -0.15) is 0 Å². The predicted molar refractivity (Wildman–Crippen MR) is 68.9 cm³/mol. The van der Waals surface area contributed by atoms with Gasteiger partial charge in [-0.15, -0.1) is 0 Å². The van der Waals surface area contributed by atoms with E-state index in [-0.39, 0.29) is 5.91 Å². The second-order valence-electron chi connectivity index (χ2n) is 5.30. The largest absolute Gasteiger partial charge is 0.383 e. The van der Waals surface area contributed by atoms with Crippen LogP contribution in [-0.2, 0) is 9.53 Å². The second kappa shape index (κ2) is 7.67. The highest BCUT2D eigenvalue weighted by atomic mass is 16.5. The molecule has 0 aromatic rings. The maximum absolute atomic E-state index is 12.0. The van der Waals surface area contributed by atoms with Crippen molar-refractivity contribution >= 4 is 5.91 Å². The molecule has 0 aromatic carbocycles. The zero-order valence-corrected chi connectivity index (χ0v) is 11.4. The molecule has 1 amide bonds. The summed E-state index contributed by atoms with van der Waals surface area (Å²) >= 11 is 0. The summed E-state index contributed by atoms with van der Waals surface area (Å²) in [5.74, 6) is 1.51. The van der Waals surface area contributed by atoms with E-state index in [1.165, 1.54) is 12.8 Å². The molecule has 0 spiro atoms. The van der Waals surface area contributed by atoms with Crippen LogP contribution in [0.5, 0.6) is 0 Å². The van der Waals surface area contributed by atoms with Gasteiger partial charge in [-0.1, -0.05) is 13.8 Å². The van der Waals surface area contributed by atoms with Gasteiger partial charge in [0.15, 0.2) is 0 Å². The van der Waals surface area contributed by atoms with Crippen molar-refractivity contribution in [1.29, 1.82) is 0 Å². The Morgan fingerprint density at radius 1 is 1.47 bits per heavy atom. The molecule has 1 N–H and O–H groups in total. The minimum Gasteiger partial charge on any atom is -0.383 e. The van der Waals surface area contributed by atoms with Crippen LogP contribution in [0.2, 0.25) is 0 Å². The number of ether oxygens (including phenoxy) is 1. The number of rotatable bonds is 9. The van der Waals surface area contributed by atoms with Gasteiger partial charge in [-0.25, -0.2) is 0 Å². The summed E-state index contributed by atoms with van der Waals surface area (Å²) in [4.78, 5) is 13.9. The first-order valence-electron chi connectivity index (χ1n) is 6.61. The molecule has 0 radical (unpaired) electrons. The van der Waals surface area contributed by atoms with Crippen molar-refractivity contribution < 1.29 is 9.53 Å². The van der Waals surface area contributed by atoms with E-state index >= 15 is 0 Å². The van der Waals surface area contributed by atoms with Gasteiger partial charge in [0.05, 0.1) is 13.2 Å². The summed E-state index contributed by atoms with van der Waals surface area (Å²) in [5, 5.41) is 3.25. The molecule has 0 aromatic heterocycles. The fourth-order valence-electron chi connectivity index (χ4n) is 1.78. The minimum atomic E-state index is 0.191. The number of carbonyl (C=O) groups excluding carboxylic acids is 1. The summed E-state index contributed by atoms with van der Waals surface area (Å²) in [6, 6.07) is 0. The highest BCUT2D eigenvalue weighted by Gasteiger charge is 2.21. The van der Waals surface area contributed by atoms with Gasteiger partial charge in [-0.3, -0.25) is 4.79 Å². The van der Waals surface area contributed by atoms with Gasteiger partial charge < -0.3 is 15.0 Å². The third kappa shape index (κ3) is 6.64. The van der Waals surface area contributed by atoms with Crippen LogP contribution in [0.15, 0.2) is 0 Å². The summed E-state index contributed by atoms with van der Waals surface area (Å²) < 4.78 is 5.04. The average molecular weight is 242 g/mol. The molecule has 1 aliphatic carbocycles. The number of hydrogen-bond acceptors (Lipinski definition) is 3. The van der Waals surface area contributed by atoms with Crippen molar-refractivity contribution in [2.75, 3.05) is 39.9 Å². The molecule has 0 atom stereocenters. The van der Waals surface area contributed by atoms with E-state index in [2.05, 4.69) is 19.2 Å². The van der Waals surface area contributed by atoms with E-state index in [0.717, 1.165) is 19.0 Å². The first kappa shape index (κ1) is 14.5. The van der Waals surface area contributed by atoms with Gasteiger partial charge in [-0.05, 0) is 31.2 Å². The quantitative estimate of drug-likeness (QED) is 0.659. The van der Waals surface area contributed by atoms with Gasteiger partial charge >= 0.3 is 0 Å². The van der Waals surface area contributed by atoms with Crippen LogP contribution >= 0.6 is 0 Å². The molecular weight excluding hydrogens is 216 g/mol. The monoisotopic (exact) mass is 242 g/mol. The Hall–Kier alpha value is -0.610. The Bertz CT molecular complexity index is 227. The van der Waals surface area contributed by atoms with E-state index in [4.69, 9.17) is 4.74 Å². The zero-order valence-electron chi connectivity index (χ0n) is 11.4. The fraction of sp³-hybridized carbons (Fsp3) is 0.923. The Balaban J connectivity index is 2.23. The first-order chi connectivity index (χ1) is 8.13. The Kier molecular flexibility index (Phi) is 6.52. The highest BCUT2D eigenvalue weighted by Crippen LogP contribution is 2.27. The van der Waals surface area contributed by atoms with Crippen LogP contribution in [0.25, 0.3) is 0 Å². The van der Waals surface area contributed by atoms with E-state index in [1.54, 1.807) is 7.11 Å². The lowest BCUT2D eigenvalue weighted by molar-refractivity contribution is -0.131. The fourth-order valence-corrected chi connectivity index (χ4v) is 1.78. The average Bonchev–Trinajstić information content (AvgIpc) is 3.07. The predicted octanol–water partition coefficient (Wildman–Crippen LogP) is 1.12. The van der Waals surface area contributed by atoms with Crippen molar-refractivity contribution in [2.45, 2.75) is 26.7 Å². The van der Waals surface area contributed by atoms with Crippen LogP contribution in [0.1, 0.15) is 26.7 Å². The topological polar surface area (TPSA) is 41.6 Å². The number of nitrogens with zero attached hydrogens (tertiary/aromatic N) is 1. The number of nitrogens with one attached hydrogen (secondary N) is 1. The van der Waals surface area contributed by atoms with Crippen LogP contribution in [0.3, 0.4) is 0 Å². The molecule has 1 rings (SSSR count). The zero-order chi connectivity index (χ0) is 12.7. The second-order valence-corrected chi connectivity index (χ2v) is 5.30.